The van der Waals surface area contributed by atoms with Crippen LogP contribution in [0.1, 0.15) is 12.5 Å². The molecule has 0 unspecified atom stereocenters. The summed E-state index contributed by atoms with van der Waals surface area (Å²) in [6.45, 7) is 1.56. The molecule has 1 aromatic rings. The van der Waals surface area contributed by atoms with Gasteiger partial charge in [0.2, 0.25) is 11.8 Å². The fraction of sp³-hybridized carbons (Fsp3) is 0.286. The van der Waals surface area contributed by atoms with E-state index < -0.39 is 6.04 Å². The Kier molecular flexibility index (Phi) is 6.60. The second kappa shape index (κ2) is 8.23. The highest BCUT2D eigenvalue weighted by Crippen LogP contribution is 2.11. The number of benzene rings is 1. The zero-order valence-electron chi connectivity index (χ0n) is 10.9. The first-order chi connectivity index (χ1) is 9.52. The van der Waals surface area contributed by atoms with Gasteiger partial charge in [-0.3, -0.25) is 9.59 Å². The van der Waals surface area contributed by atoms with Crippen LogP contribution in [0, 0.1) is 10.8 Å². The molecule has 0 fully saturated rings. The van der Waals surface area contributed by atoms with Crippen LogP contribution in [0.15, 0.2) is 24.3 Å². The number of aromatic hydroxyl groups is 1. The average Bonchev–Trinajstić information content (AvgIpc) is 2.40. The van der Waals surface area contributed by atoms with Crippen molar-refractivity contribution in [1.82, 2.24) is 10.6 Å². The van der Waals surface area contributed by atoms with E-state index in [2.05, 4.69) is 37.3 Å². The van der Waals surface area contributed by atoms with Gasteiger partial charge in [-0.2, -0.15) is 0 Å². The average molecular weight is 339 g/mol. The second-order valence-corrected chi connectivity index (χ2v) is 4.51. The summed E-state index contributed by atoms with van der Waals surface area (Å²) in [5.74, 6) is 2.22. The molecular formula is C14H15BrN2O3. The molecule has 0 saturated heterocycles. The molecule has 1 aromatic carbocycles. The number of phenols is 1. The molecule has 106 valence electrons. The van der Waals surface area contributed by atoms with Gasteiger partial charge in [0.05, 0.1) is 6.54 Å². The quantitative estimate of drug-likeness (QED) is 0.698. The molecule has 6 heteroatoms. The summed E-state index contributed by atoms with van der Waals surface area (Å²) >= 11 is 2.93. The molecule has 0 aliphatic carbocycles. The van der Waals surface area contributed by atoms with Gasteiger partial charge in [-0.15, -0.1) is 0 Å². The van der Waals surface area contributed by atoms with E-state index in [4.69, 9.17) is 0 Å². The number of carbonyl (C=O) groups excluding carboxylic acids is 2. The summed E-state index contributed by atoms with van der Waals surface area (Å²) in [4.78, 5) is 25.6. The molecule has 1 rings (SSSR count). The first-order valence-corrected chi connectivity index (χ1v) is 6.73. The summed E-state index contributed by atoms with van der Waals surface area (Å²) in [5.41, 5.74) is 0.836. The molecule has 1 atom stereocenters. The minimum absolute atomic E-state index is 0.155. The fourth-order valence-electron chi connectivity index (χ4n) is 1.61. The Morgan fingerprint density at radius 1 is 1.35 bits per heavy atom. The number of rotatable bonds is 5. The minimum atomic E-state index is -0.672. The van der Waals surface area contributed by atoms with Crippen molar-refractivity contribution in [2.75, 3.05) is 6.54 Å². The van der Waals surface area contributed by atoms with E-state index >= 15 is 0 Å². The van der Waals surface area contributed by atoms with Gasteiger partial charge in [-0.1, -0.05) is 18.1 Å². The molecule has 0 heterocycles. The van der Waals surface area contributed by atoms with Crippen LogP contribution in [-0.4, -0.2) is 29.5 Å². The third-order valence-corrected chi connectivity index (χ3v) is 2.77. The van der Waals surface area contributed by atoms with E-state index in [-0.39, 0.29) is 24.1 Å². The van der Waals surface area contributed by atoms with Crippen LogP contribution in [0.2, 0.25) is 0 Å². The molecular weight excluding hydrogens is 324 g/mol. The summed E-state index contributed by atoms with van der Waals surface area (Å²) < 4.78 is 0. The van der Waals surface area contributed by atoms with Crippen LogP contribution in [0.5, 0.6) is 5.75 Å². The predicted octanol–water partition coefficient (Wildman–Crippen LogP) is 0.911. The van der Waals surface area contributed by atoms with Gasteiger partial charge < -0.3 is 15.7 Å². The zero-order chi connectivity index (χ0) is 15.0. The van der Waals surface area contributed by atoms with Gasteiger partial charge >= 0.3 is 0 Å². The van der Waals surface area contributed by atoms with E-state index in [9.17, 15) is 14.7 Å². The van der Waals surface area contributed by atoms with E-state index in [1.165, 1.54) is 19.1 Å². The fourth-order valence-corrected chi connectivity index (χ4v) is 1.75. The van der Waals surface area contributed by atoms with Gasteiger partial charge in [0.1, 0.15) is 11.8 Å². The van der Waals surface area contributed by atoms with Crippen molar-refractivity contribution in [3.63, 3.8) is 0 Å². The largest absolute Gasteiger partial charge is 0.508 e. The Bertz CT molecular complexity index is 532. The van der Waals surface area contributed by atoms with Gasteiger partial charge in [0, 0.05) is 29.3 Å². The third-order valence-electron chi connectivity index (χ3n) is 2.49. The molecule has 0 aliphatic heterocycles. The Balaban J connectivity index is 2.71. The SMILES string of the molecule is CC(=O)N[C@@H](Cc1ccc(O)cc1)C(=O)NCC#CBr. The van der Waals surface area contributed by atoms with Gasteiger partial charge in [-0.05, 0) is 22.5 Å². The molecule has 5 nitrogen and oxygen atoms in total. The second-order valence-electron chi connectivity index (χ2n) is 4.11. The number of carbonyl (C=O) groups is 2. The van der Waals surface area contributed by atoms with Crippen molar-refractivity contribution >= 4 is 27.7 Å². The predicted molar refractivity (Wildman–Crippen MR) is 79.1 cm³/mol. The molecule has 0 radical (unpaired) electrons. The number of phenolic OH excluding ortho intramolecular Hbond substituents is 1. The first kappa shape index (κ1) is 16.1. The highest BCUT2D eigenvalue weighted by atomic mass is 79.9. The van der Waals surface area contributed by atoms with E-state index in [0.29, 0.717) is 6.42 Å². The van der Waals surface area contributed by atoms with Crippen molar-refractivity contribution in [2.45, 2.75) is 19.4 Å². The van der Waals surface area contributed by atoms with E-state index in [1.807, 2.05) is 0 Å². The Hall–Kier alpha value is -2.00. The number of hydrogen-bond donors (Lipinski definition) is 3. The monoisotopic (exact) mass is 338 g/mol. The lowest BCUT2D eigenvalue weighted by Gasteiger charge is -2.17. The highest BCUT2D eigenvalue weighted by Gasteiger charge is 2.19. The van der Waals surface area contributed by atoms with Crippen molar-refractivity contribution in [1.29, 1.82) is 0 Å². The lowest BCUT2D eigenvalue weighted by atomic mass is 10.0. The third kappa shape index (κ3) is 5.76. The maximum absolute atomic E-state index is 12.0. The van der Waals surface area contributed by atoms with Gasteiger partial charge in [-0.25, -0.2) is 0 Å². The Morgan fingerprint density at radius 2 is 2.00 bits per heavy atom. The lowest BCUT2D eigenvalue weighted by Crippen LogP contribution is -2.47. The van der Waals surface area contributed by atoms with Crippen molar-refractivity contribution in [3.8, 4) is 16.5 Å². The van der Waals surface area contributed by atoms with Crippen LogP contribution in [0.3, 0.4) is 0 Å². The Labute approximate surface area is 125 Å². The van der Waals surface area contributed by atoms with Crippen LogP contribution >= 0.6 is 15.9 Å². The number of amides is 2. The number of hydrogen-bond acceptors (Lipinski definition) is 3. The first-order valence-electron chi connectivity index (χ1n) is 5.94. The van der Waals surface area contributed by atoms with Gasteiger partial charge in [0.25, 0.3) is 0 Å². The molecule has 0 saturated carbocycles. The van der Waals surface area contributed by atoms with Crippen molar-refractivity contribution < 1.29 is 14.7 Å². The van der Waals surface area contributed by atoms with E-state index in [0.717, 1.165) is 5.56 Å². The standard InChI is InChI=1S/C14H15BrN2O3/c1-10(18)17-13(14(20)16-8-2-7-15)9-11-3-5-12(19)6-4-11/h3-6,13,19H,8-9H2,1H3,(H,16,20)(H,17,18)/t13-/m0/s1. The van der Waals surface area contributed by atoms with Crippen molar-refractivity contribution in [3.05, 3.63) is 29.8 Å². The number of halogens is 1. The lowest BCUT2D eigenvalue weighted by molar-refractivity contribution is -0.127. The Morgan fingerprint density at radius 3 is 2.55 bits per heavy atom. The zero-order valence-corrected chi connectivity index (χ0v) is 12.5. The molecule has 20 heavy (non-hydrogen) atoms. The normalized spacial score (nSPS) is 10.9. The smallest absolute Gasteiger partial charge is 0.243 e. The summed E-state index contributed by atoms with van der Waals surface area (Å²) in [7, 11) is 0. The van der Waals surface area contributed by atoms with Crippen molar-refractivity contribution in [2.24, 2.45) is 0 Å². The molecule has 0 spiro atoms. The molecule has 2 amide bonds. The molecule has 0 aromatic heterocycles. The van der Waals surface area contributed by atoms with Crippen LogP contribution in [0.25, 0.3) is 0 Å². The maximum atomic E-state index is 12.0. The van der Waals surface area contributed by atoms with Crippen LogP contribution in [-0.2, 0) is 16.0 Å². The minimum Gasteiger partial charge on any atom is -0.508 e. The summed E-state index contributed by atoms with van der Waals surface area (Å²) in [6.07, 6.45) is 0.341. The number of nitrogens with one attached hydrogen (secondary N) is 2. The highest BCUT2D eigenvalue weighted by molar-refractivity contribution is 9.12. The maximum Gasteiger partial charge on any atom is 0.243 e. The van der Waals surface area contributed by atoms with Crippen LogP contribution in [0.4, 0.5) is 0 Å². The van der Waals surface area contributed by atoms with Crippen LogP contribution < -0.4 is 10.6 Å². The topological polar surface area (TPSA) is 78.4 Å². The molecule has 0 aliphatic rings. The molecule has 0 bridgehead atoms. The van der Waals surface area contributed by atoms with Gasteiger partial charge in [0.15, 0.2) is 0 Å². The summed E-state index contributed by atoms with van der Waals surface area (Å²) in [5, 5.41) is 14.4. The molecule has 3 N–H and O–H groups in total. The van der Waals surface area contributed by atoms with E-state index in [1.54, 1.807) is 12.1 Å². The summed E-state index contributed by atoms with van der Waals surface area (Å²) in [6, 6.07) is 5.81.